The number of carbonyl (C=O) groups excluding carboxylic acids is 2. The molecule has 0 saturated carbocycles. The summed E-state index contributed by atoms with van der Waals surface area (Å²) in [5.41, 5.74) is 11.6. The summed E-state index contributed by atoms with van der Waals surface area (Å²) in [5.74, 6) is -0.448. The van der Waals surface area contributed by atoms with E-state index < -0.39 is 11.3 Å². The third-order valence-electron chi connectivity index (χ3n) is 4.03. The minimum atomic E-state index is -1.16. The van der Waals surface area contributed by atoms with Crippen molar-refractivity contribution >= 4 is 28.5 Å². The predicted octanol–water partition coefficient (Wildman–Crippen LogP) is 0.351. The van der Waals surface area contributed by atoms with Crippen molar-refractivity contribution in [2.24, 2.45) is 11.1 Å². The van der Waals surface area contributed by atoms with Crippen LogP contribution in [0.2, 0.25) is 0 Å². The summed E-state index contributed by atoms with van der Waals surface area (Å²) < 4.78 is 0. The van der Waals surface area contributed by atoms with Crippen LogP contribution < -0.4 is 16.8 Å². The third kappa shape index (κ3) is 2.18. The van der Waals surface area contributed by atoms with Gasteiger partial charge in [0.25, 0.3) is 0 Å². The van der Waals surface area contributed by atoms with E-state index in [9.17, 15) is 9.59 Å². The maximum atomic E-state index is 12.0. The lowest BCUT2D eigenvalue weighted by Crippen LogP contribution is -2.44. The molecule has 3 rings (SSSR count). The van der Waals surface area contributed by atoms with Crippen molar-refractivity contribution in [2.45, 2.75) is 12.8 Å². The first-order valence-electron chi connectivity index (χ1n) is 6.75. The van der Waals surface area contributed by atoms with Gasteiger partial charge in [0.15, 0.2) is 0 Å². The normalized spacial score (nSPS) is 21.4. The number of hydrogen-bond donors (Lipinski definition) is 3. The zero-order valence-corrected chi connectivity index (χ0v) is 11.4. The van der Waals surface area contributed by atoms with E-state index in [2.05, 4.69) is 10.3 Å². The Labute approximate surface area is 121 Å². The van der Waals surface area contributed by atoms with Gasteiger partial charge in [-0.25, -0.2) is 4.98 Å². The van der Waals surface area contributed by atoms with Gasteiger partial charge in [0.2, 0.25) is 11.8 Å². The number of aromatic nitrogens is 1. The molecule has 1 aliphatic rings. The molecule has 1 saturated heterocycles. The molecule has 2 amide bonds. The summed E-state index contributed by atoms with van der Waals surface area (Å²) >= 11 is 0. The second kappa shape index (κ2) is 4.73. The lowest BCUT2D eigenvalue weighted by Gasteiger charge is -2.22. The number of hydrogen-bond acceptors (Lipinski definition) is 4. The molecule has 108 valence electrons. The summed E-state index contributed by atoms with van der Waals surface area (Å²) in [7, 11) is 0. The molecule has 1 aromatic carbocycles. The van der Waals surface area contributed by atoms with E-state index in [1.807, 2.05) is 24.3 Å². The van der Waals surface area contributed by atoms with E-state index in [1.165, 1.54) is 0 Å². The maximum absolute atomic E-state index is 12.0. The van der Waals surface area contributed by atoms with Gasteiger partial charge in [-0.2, -0.15) is 0 Å². The third-order valence-corrected chi connectivity index (χ3v) is 4.03. The van der Waals surface area contributed by atoms with Crippen LogP contribution in [0.5, 0.6) is 0 Å². The maximum Gasteiger partial charge on any atom is 0.236 e. The van der Waals surface area contributed by atoms with Crippen molar-refractivity contribution in [3.05, 3.63) is 35.9 Å². The monoisotopic (exact) mass is 284 g/mol. The smallest absolute Gasteiger partial charge is 0.236 e. The Kier molecular flexibility index (Phi) is 3.01. The number of benzene rings is 1. The zero-order valence-electron chi connectivity index (χ0n) is 11.4. The van der Waals surface area contributed by atoms with Gasteiger partial charge in [-0.3, -0.25) is 9.59 Å². The van der Waals surface area contributed by atoms with E-state index in [1.54, 1.807) is 6.07 Å². The highest BCUT2D eigenvalue weighted by Gasteiger charge is 2.47. The van der Waals surface area contributed by atoms with Crippen LogP contribution in [0, 0.1) is 5.41 Å². The highest BCUT2D eigenvalue weighted by molar-refractivity contribution is 6.06. The number of anilines is 1. The predicted molar refractivity (Wildman–Crippen MR) is 79.1 cm³/mol. The number of nitrogens with zero attached hydrogens (tertiary/aromatic N) is 1. The molecule has 1 aliphatic heterocycles. The van der Waals surface area contributed by atoms with Crippen LogP contribution in [0.25, 0.3) is 10.9 Å². The van der Waals surface area contributed by atoms with Crippen LogP contribution >= 0.6 is 0 Å². The lowest BCUT2D eigenvalue weighted by molar-refractivity contribution is -0.138. The Morgan fingerprint density at radius 3 is 2.76 bits per heavy atom. The SMILES string of the molecule is NC(=O)[C@]1(Cc2ccc3ccc(N)nc3c2)CCNC1=O. The number of pyridine rings is 1. The largest absolute Gasteiger partial charge is 0.384 e. The topological polar surface area (TPSA) is 111 Å². The summed E-state index contributed by atoms with van der Waals surface area (Å²) in [4.78, 5) is 28.1. The molecule has 0 radical (unpaired) electrons. The molecule has 0 aliphatic carbocycles. The molecule has 0 bridgehead atoms. The average Bonchev–Trinajstić information content (AvgIpc) is 2.81. The second-order valence-corrected chi connectivity index (χ2v) is 5.39. The summed E-state index contributed by atoms with van der Waals surface area (Å²) in [6.07, 6.45) is 0.699. The van der Waals surface area contributed by atoms with Gasteiger partial charge in [0.1, 0.15) is 11.2 Å². The molecule has 1 aromatic heterocycles. The van der Waals surface area contributed by atoms with Gasteiger partial charge >= 0.3 is 0 Å². The minimum absolute atomic E-state index is 0.278. The van der Waals surface area contributed by atoms with Gasteiger partial charge in [0, 0.05) is 11.9 Å². The Bertz CT molecular complexity index is 744. The van der Waals surface area contributed by atoms with Gasteiger partial charge in [0.05, 0.1) is 5.52 Å². The number of nitrogens with two attached hydrogens (primary N) is 2. The molecule has 6 heteroatoms. The van der Waals surface area contributed by atoms with E-state index in [4.69, 9.17) is 11.5 Å². The molecular weight excluding hydrogens is 268 g/mol. The minimum Gasteiger partial charge on any atom is -0.384 e. The number of primary amides is 1. The van der Waals surface area contributed by atoms with Crippen LogP contribution in [0.3, 0.4) is 0 Å². The molecule has 0 unspecified atom stereocenters. The van der Waals surface area contributed by atoms with E-state index in [-0.39, 0.29) is 12.3 Å². The highest BCUT2D eigenvalue weighted by Crippen LogP contribution is 2.31. The number of nitrogen functional groups attached to an aromatic ring is 1. The molecule has 21 heavy (non-hydrogen) atoms. The number of rotatable bonds is 3. The Morgan fingerprint density at radius 1 is 1.33 bits per heavy atom. The summed E-state index contributed by atoms with van der Waals surface area (Å²) in [6.45, 7) is 0.473. The lowest BCUT2D eigenvalue weighted by atomic mass is 9.79. The summed E-state index contributed by atoms with van der Waals surface area (Å²) in [5, 5.41) is 3.64. The molecule has 5 N–H and O–H groups in total. The Morgan fingerprint density at radius 2 is 2.10 bits per heavy atom. The fourth-order valence-electron chi connectivity index (χ4n) is 2.80. The zero-order chi connectivity index (χ0) is 15.0. The quantitative estimate of drug-likeness (QED) is 0.706. The molecular formula is C15H16N4O2. The molecule has 1 fully saturated rings. The van der Waals surface area contributed by atoms with Crippen LogP contribution in [0.1, 0.15) is 12.0 Å². The first-order chi connectivity index (χ1) is 10.0. The van der Waals surface area contributed by atoms with Crippen molar-refractivity contribution in [2.75, 3.05) is 12.3 Å². The van der Waals surface area contributed by atoms with Crippen molar-refractivity contribution in [3.63, 3.8) is 0 Å². The highest BCUT2D eigenvalue weighted by atomic mass is 16.2. The molecule has 1 atom stereocenters. The molecule has 0 spiro atoms. The van der Waals surface area contributed by atoms with Crippen molar-refractivity contribution in [3.8, 4) is 0 Å². The fraction of sp³-hybridized carbons (Fsp3) is 0.267. The van der Waals surface area contributed by atoms with Gasteiger partial charge < -0.3 is 16.8 Å². The Hall–Kier alpha value is -2.63. The van der Waals surface area contributed by atoms with Crippen LogP contribution in [0.4, 0.5) is 5.82 Å². The van der Waals surface area contributed by atoms with Crippen LogP contribution in [-0.2, 0) is 16.0 Å². The van der Waals surface area contributed by atoms with Crippen molar-refractivity contribution in [1.82, 2.24) is 10.3 Å². The summed E-state index contributed by atoms with van der Waals surface area (Å²) in [6, 6.07) is 9.25. The Balaban J connectivity index is 2.00. The average molecular weight is 284 g/mol. The number of amides is 2. The number of nitrogens with one attached hydrogen (secondary N) is 1. The van der Waals surface area contributed by atoms with E-state index in [0.717, 1.165) is 16.5 Å². The number of carbonyl (C=O) groups is 2. The first kappa shape index (κ1) is 13.4. The van der Waals surface area contributed by atoms with Gasteiger partial charge in [-0.05, 0) is 36.6 Å². The van der Waals surface area contributed by atoms with E-state index >= 15 is 0 Å². The molecule has 2 aromatic rings. The first-order valence-corrected chi connectivity index (χ1v) is 6.75. The van der Waals surface area contributed by atoms with Crippen LogP contribution in [0.15, 0.2) is 30.3 Å². The van der Waals surface area contributed by atoms with Crippen molar-refractivity contribution in [1.29, 1.82) is 0 Å². The van der Waals surface area contributed by atoms with E-state index in [0.29, 0.717) is 18.8 Å². The fourth-order valence-corrected chi connectivity index (χ4v) is 2.80. The number of fused-ring (bicyclic) bond motifs is 1. The second-order valence-electron chi connectivity index (χ2n) is 5.39. The van der Waals surface area contributed by atoms with Gasteiger partial charge in [-0.1, -0.05) is 12.1 Å². The molecule has 2 heterocycles. The van der Waals surface area contributed by atoms with Crippen molar-refractivity contribution < 1.29 is 9.59 Å². The molecule has 6 nitrogen and oxygen atoms in total. The van der Waals surface area contributed by atoms with Crippen LogP contribution in [-0.4, -0.2) is 23.3 Å². The van der Waals surface area contributed by atoms with Gasteiger partial charge in [-0.15, -0.1) is 0 Å². The standard InChI is InChI=1S/C15H16N4O2/c16-12-4-3-10-2-1-9(7-11(10)19-12)8-15(13(17)20)5-6-18-14(15)21/h1-4,7H,5-6,8H2,(H2,16,19)(H2,17,20)(H,18,21)/t15-/m1/s1.